The number of nitrogens with one attached hydrogen (secondary N) is 1. The average Bonchev–Trinajstić information content (AvgIpc) is 3.28. The van der Waals surface area contributed by atoms with Crippen LogP contribution in [0.5, 0.6) is 17.2 Å². The number of aromatic nitrogens is 3. The molecule has 0 aliphatic carbocycles. The van der Waals surface area contributed by atoms with Crippen LogP contribution in [0.25, 0.3) is 5.65 Å². The van der Waals surface area contributed by atoms with Crippen molar-refractivity contribution < 1.29 is 19.3 Å². The maximum absolute atomic E-state index is 10.0. The lowest BCUT2D eigenvalue weighted by molar-refractivity contribution is 0.106. The molecule has 130 valence electrons. The summed E-state index contributed by atoms with van der Waals surface area (Å²) in [6.45, 7) is 1.40. The van der Waals surface area contributed by atoms with E-state index in [9.17, 15) is 5.11 Å². The van der Waals surface area contributed by atoms with Gasteiger partial charge in [0.15, 0.2) is 17.1 Å². The van der Waals surface area contributed by atoms with Gasteiger partial charge in [-0.15, -0.1) is 0 Å². The summed E-state index contributed by atoms with van der Waals surface area (Å²) >= 11 is 0. The Balaban J connectivity index is 1.23. The molecular formula is C17H18N4O4. The molecule has 0 bridgehead atoms. The molecule has 3 heterocycles. The highest BCUT2D eigenvalue weighted by Crippen LogP contribution is 2.35. The molecule has 1 aromatic carbocycles. The van der Waals surface area contributed by atoms with Gasteiger partial charge in [0.05, 0.1) is 6.20 Å². The number of aliphatic hydroxyl groups excluding tert-OH is 1. The molecule has 3 aromatic rings. The number of nitrogens with zero attached hydrogens (tertiary/aromatic N) is 3. The average molecular weight is 342 g/mol. The van der Waals surface area contributed by atoms with Crippen LogP contribution in [0.1, 0.15) is 5.56 Å². The smallest absolute Gasteiger partial charge is 0.231 e. The lowest BCUT2D eigenvalue weighted by atomic mass is 10.3. The van der Waals surface area contributed by atoms with Crippen LogP contribution in [0.2, 0.25) is 0 Å². The van der Waals surface area contributed by atoms with Crippen molar-refractivity contribution >= 4 is 5.65 Å². The third-order valence-electron chi connectivity index (χ3n) is 3.80. The van der Waals surface area contributed by atoms with Gasteiger partial charge in [-0.25, -0.2) is 9.50 Å². The molecule has 8 heteroatoms. The fourth-order valence-corrected chi connectivity index (χ4v) is 2.54. The van der Waals surface area contributed by atoms with E-state index in [0.717, 1.165) is 11.2 Å². The molecule has 0 radical (unpaired) electrons. The van der Waals surface area contributed by atoms with Crippen LogP contribution in [-0.4, -0.2) is 45.8 Å². The van der Waals surface area contributed by atoms with Crippen molar-refractivity contribution in [2.24, 2.45) is 0 Å². The molecule has 1 aliphatic heterocycles. The molecule has 2 aromatic heterocycles. The highest BCUT2D eigenvalue weighted by Gasteiger charge is 2.14. The second-order valence-electron chi connectivity index (χ2n) is 5.71. The largest absolute Gasteiger partial charge is 0.491 e. The Bertz CT molecular complexity index is 867. The van der Waals surface area contributed by atoms with E-state index in [1.807, 2.05) is 12.3 Å². The quantitative estimate of drug-likeness (QED) is 0.662. The summed E-state index contributed by atoms with van der Waals surface area (Å²) in [5, 5.41) is 17.4. The van der Waals surface area contributed by atoms with Crippen LogP contribution in [0.3, 0.4) is 0 Å². The first-order chi connectivity index (χ1) is 12.3. The third kappa shape index (κ3) is 3.65. The first-order valence-corrected chi connectivity index (χ1v) is 7.97. The Hall–Kier alpha value is -2.84. The topological polar surface area (TPSA) is 90.1 Å². The van der Waals surface area contributed by atoms with Gasteiger partial charge >= 0.3 is 0 Å². The van der Waals surface area contributed by atoms with E-state index in [2.05, 4.69) is 15.4 Å². The minimum Gasteiger partial charge on any atom is -0.491 e. The summed E-state index contributed by atoms with van der Waals surface area (Å²) in [6, 6.07) is 7.18. The van der Waals surface area contributed by atoms with Crippen molar-refractivity contribution in [3.63, 3.8) is 0 Å². The fourth-order valence-electron chi connectivity index (χ4n) is 2.54. The molecule has 0 amide bonds. The highest BCUT2D eigenvalue weighted by atomic mass is 16.7. The molecule has 0 saturated heterocycles. The third-order valence-corrected chi connectivity index (χ3v) is 3.80. The van der Waals surface area contributed by atoms with Crippen LogP contribution in [0, 0.1) is 0 Å². The van der Waals surface area contributed by atoms with E-state index in [1.54, 1.807) is 35.1 Å². The molecule has 1 atom stereocenters. The predicted molar refractivity (Wildman–Crippen MR) is 88.8 cm³/mol. The van der Waals surface area contributed by atoms with Crippen molar-refractivity contribution in [3.8, 4) is 17.2 Å². The van der Waals surface area contributed by atoms with Gasteiger partial charge < -0.3 is 24.6 Å². The van der Waals surface area contributed by atoms with Gasteiger partial charge in [-0.3, -0.25) is 0 Å². The number of hydrogen-bond donors (Lipinski definition) is 2. The Morgan fingerprint density at radius 1 is 1.28 bits per heavy atom. The summed E-state index contributed by atoms with van der Waals surface area (Å²) in [7, 11) is 0. The zero-order valence-corrected chi connectivity index (χ0v) is 13.5. The van der Waals surface area contributed by atoms with Crippen LogP contribution < -0.4 is 19.5 Å². The van der Waals surface area contributed by atoms with Crippen molar-refractivity contribution in [3.05, 3.63) is 48.4 Å². The van der Waals surface area contributed by atoms with Gasteiger partial charge in [-0.1, -0.05) is 0 Å². The number of hydrogen-bond acceptors (Lipinski definition) is 7. The Kier molecular flexibility index (Phi) is 4.36. The maximum atomic E-state index is 10.0. The number of rotatable bonds is 7. The minimum absolute atomic E-state index is 0.184. The lowest BCUT2D eigenvalue weighted by Crippen LogP contribution is -2.31. The second kappa shape index (κ2) is 6.96. The van der Waals surface area contributed by atoms with Gasteiger partial charge in [0.2, 0.25) is 6.79 Å². The van der Waals surface area contributed by atoms with E-state index in [0.29, 0.717) is 30.3 Å². The summed E-state index contributed by atoms with van der Waals surface area (Å²) in [5.74, 6) is 2.00. The predicted octanol–water partition coefficient (Wildman–Crippen LogP) is 0.987. The molecule has 0 fully saturated rings. The number of benzene rings is 1. The fraction of sp³-hybridized carbons (Fsp3) is 0.294. The van der Waals surface area contributed by atoms with E-state index < -0.39 is 6.10 Å². The Morgan fingerprint density at radius 2 is 2.20 bits per heavy atom. The van der Waals surface area contributed by atoms with Crippen LogP contribution in [-0.2, 0) is 6.54 Å². The summed E-state index contributed by atoms with van der Waals surface area (Å²) < 4.78 is 17.9. The van der Waals surface area contributed by atoms with Crippen LogP contribution in [0.15, 0.2) is 42.9 Å². The number of fused-ring (bicyclic) bond motifs is 2. The molecule has 0 spiro atoms. The first-order valence-electron chi connectivity index (χ1n) is 7.97. The Morgan fingerprint density at radius 3 is 3.16 bits per heavy atom. The van der Waals surface area contributed by atoms with Gasteiger partial charge in [0.1, 0.15) is 18.5 Å². The van der Waals surface area contributed by atoms with E-state index in [1.165, 1.54) is 0 Å². The molecule has 0 unspecified atom stereocenters. The maximum Gasteiger partial charge on any atom is 0.231 e. The zero-order valence-electron chi connectivity index (χ0n) is 13.5. The summed E-state index contributed by atoms with van der Waals surface area (Å²) in [6.07, 6.45) is 4.77. The van der Waals surface area contributed by atoms with Gasteiger partial charge in [0, 0.05) is 43.2 Å². The molecule has 4 rings (SSSR count). The second-order valence-corrected chi connectivity index (χ2v) is 5.71. The monoisotopic (exact) mass is 342 g/mol. The number of ether oxygens (including phenoxy) is 3. The van der Waals surface area contributed by atoms with E-state index >= 15 is 0 Å². The first kappa shape index (κ1) is 15.7. The summed E-state index contributed by atoms with van der Waals surface area (Å²) in [4.78, 5) is 4.29. The number of aliphatic hydroxyl groups is 1. The molecule has 1 aliphatic rings. The van der Waals surface area contributed by atoms with E-state index in [-0.39, 0.29) is 13.4 Å². The molecule has 0 saturated carbocycles. The van der Waals surface area contributed by atoms with Crippen molar-refractivity contribution in [2.45, 2.75) is 12.6 Å². The molecule has 8 nitrogen and oxygen atoms in total. The summed E-state index contributed by atoms with van der Waals surface area (Å²) in [5.41, 5.74) is 1.79. The van der Waals surface area contributed by atoms with E-state index in [4.69, 9.17) is 14.2 Å². The van der Waals surface area contributed by atoms with Crippen LogP contribution >= 0.6 is 0 Å². The zero-order chi connectivity index (χ0) is 17.1. The normalized spacial score (nSPS) is 14.0. The van der Waals surface area contributed by atoms with Gasteiger partial charge in [0.25, 0.3) is 0 Å². The standard InChI is InChI=1S/C17H18N4O4/c22-13(10-23-14-1-2-15-16(5-14)25-11-24-15)8-18-6-12-7-19-17-3-4-20-21(17)9-12/h1-5,7,9,13,18,22H,6,8,10-11H2/t13-/m1/s1. The molecular weight excluding hydrogens is 324 g/mol. The minimum atomic E-state index is -0.633. The molecule has 2 N–H and O–H groups in total. The van der Waals surface area contributed by atoms with Crippen molar-refractivity contribution in [1.29, 1.82) is 0 Å². The Labute approximate surface area is 144 Å². The lowest BCUT2D eigenvalue weighted by Gasteiger charge is -2.13. The van der Waals surface area contributed by atoms with Crippen molar-refractivity contribution in [2.75, 3.05) is 19.9 Å². The van der Waals surface area contributed by atoms with Gasteiger partial charge in [-0.05, 0) is 12.1 Å². The van der Waals surface area contributed by atoms with Crippen molar-refractivity contribution in [1.82, 2.24) is 19.9 Å². The SMILES string of the molecule is O[C@H](CNCc1cnc2ccnn2c1)COc1ccc2c(c1)OCO2. The molecule has 25 heavy (non-hydrogen) atoms. The highest BCUT2D eigenvalue weighted by molar-refractivity contribution is 5.46. The van der Waals surface area contributed by atoms with Crippen LogP contribution in [0.4, 0.5) is 0 Å². The van der Waals surface area contributed by atoms with Gasteiger partial charge in [-0.2, -0.15) is 5.10 Å².